The van der Waals surface area contributed by atoms with Crippen molar-refractivity contribution in [2.24, 2.45) is 0 Å². The average Bonchev–Trinajstić information content (AvgIpc) is 2.49. The number of rotatable bonds is 12. The molecule has 23 heavy (non-hydrogen) atoms. The molecule has 0 radical (unpaired) electrons. The van der Waals surface area contributed by atoms with Crippen molar-refractivity contribution in [2.75, 3.05) is 6.54 Å². The molecular weight excluding hydrogens is 303 g/mol. The molecule has 0 amide bonds. The van der Waals surface area contributed by atoms with E-state index in [-0.39, 0.29) is 5.75 Å². The highest BCUT2D eigenvalue weighted by Crippen LogP contribution is 2.26. The van der Waals surface area contributed by atoms with Gasteiger partial charge >= 0.3 is 6.36 Å². The maximum absolute atomic E-state index is 12.3. The fraction of sp³-hybridized carbons (Fsp3) is 0.667. The van der Waals surface area contributed by atoms with Crippen molar-refractivity contribution in [1.29, 1.82) is 0 Å². The van der Waals surface area contributed by atoms with E-state index in [1.807, 2.05) is 0 Å². The van der Waals surface area contributed by atoms with Crippen LogP contribution < -0.4 is 10.1 Å². The van der Waals surface area contributed by atoms with E-state index in [0.29, 0.717) is 12.1 Å². The monoisotopic (exact) mass is 331 g/mol. The zero-order valence-electron chi connectivity index (χ0n) is 13.9. The molecular formula is C18H28F3NO. The molecule has 0 saturated heterocycles. The summed E-state index contributed by atoms with van der Waals surface area (Å²) in [4.78, 5) is 0. The van der Waals surface area contributed by atoms with Crippen LogP contribution in [0, 0.1) is 0 Å². The summed E-state index contributed by atoms with van der Waals surface area (Å²) in [5.74, 6) is -0.122. The van der Waals surface area contributed by atoms with Gasteiger partial charge in [0.2, 0.25) is 0 Å². The fourth-order valence-corrected chi connectivity index (χ4v) is 2.48. The molecule has 1 aromatic rings. The molecule has 0 fully saturated rings. The summed E-state index contributed by atoms with van der Waals surface area (Å²) < 4.78 is 41.0. The largest absolute Gasteiger partial charge is 0.573 e. The number of halogens is 3. The van der Waals surface area contributed by atoms with Gasteiger partial charge in [-0.25, -0.2) is 0 Å². The van der Waals surface area contributed by atoms with Crippen molar-refractivity contribution in [3.63, 3.8) is 0 Å². The first kappa shape index (κ1) is 19.8. The fourth-order valence-electron chi connectivity index (χ4n) is 2.48. The van der Waals surface area contributed by atoms with Gasteiger partial charge in [0.05, 0.1) is 0 Å². The van der Waals surface area contributed by atoms with Gasteiger partial charge in [-0.2, -0.15) is 0 Å². The molecule has 132 valence electrons. The SMILES string of the molecule is CCCCCCCCCCNCc1ccccc1OC(F)(F)F. The molecule has 1 N–H and O–H groups in total. The lowest BCUT2D eigenvalue weighted by atomic mass is 10.1. The van der Waals surface area contributed by atoms with Crippen molar-refractivity contribution in [3.8, 4) is 5.75 Å². The normalized spacial score (nSPS) is 11.7. The molecule has 1 rings (SSSR count). The predicted octanol–water partition coefficient (Wildman–Crippen LogP) is 5.82. The van der Waals surface area contributed by atoms with E-state index in [9.17, 15) is 13.2 Å². The molecule has 0 saturated carbocycles. The molecule has 0 atom stereocenters. The number of ether oxygens (including phenoxy) is 1. The summed E-state index contributed by atoms with van der Waals surface area (Å²) in [7, 11) is 0. The van der Waals surface area contributed by atoms with Crippen LogP contribution >= 0.6 is 0 Å². The van der Waals surface area contributed by atoms with Gasteiger partial charge in [-0.1, -0.05) is 70.1 Å². The Labute approximate surface area is 137 Å². The molecule has 5 heteroatoms. The Balaban J connectivity index is 2.14. The first-order valence-electron chi connectivity index (χ1n) is 8.57. The first-order chi connectivity index (χ1) is 11.0. The van der Waals surface area contributed by atoms with Crippen LogP contribution in [0.25, 0.3) is 0 Å². The van der Waals surface area contributed by atoms with Crippen LogP contribution in [0.5, 0.6) is 5.75 Å². The highest BCUT2D eigenvalue weighted by molar-refractivity contribution is 5.33. The zero-order valence-corrected chi connectivity index (χ0v) is 13.9. The Morgan fingerprint density at radius 2 is 1.52 bits per heavy atom. The standard InChI is InChI=1S/C18H28F3NO/c1-2-3-4-5-6-7-8-11-14-22-15-16-12-9-10-13-17(16)23-18(19,20)21/h9-10,12-13,22H,2-8,11,14-15H2,1H3. The maximum Gasteiger partial charge on any atom is 0.573 e. The van der Waals surface area contributed by atoms with Crippen LogP contribution in [0.1, 0.15) is 63.9 Å². The molecule has 0 unspecified atom stereocenters. The van der Waals surface area contributed by atoms with Gasteiger partial charge in [0.15, 0.2) is 0 Å². The first-order valence-corrected chi connectivity index (χ1v) is 8.57. The lowest BCUT2D eigenvalue weighted by molar-refractivity contribution is -0.274. The molecule has 0 aromatic heterocycles. The van der Waals surface area contributed by atoms with Crippen LogP contribution in [0.3, 0.4) is 0 Å². The van der Waals surface area contributed by atoms with Crippen LogP contribution in [-0.2, 0) is 6.54 Å². The third-order valence-electron chi connectivity index (χ3n) is 3.72. The van der Waals surface area contributed by atoms with Crippen molar-refractivity contribution >= 4 is 0 Å². The highest BCUT2D eigenvalue weighted by Gasteiger charge is 2.31. The summed E-state index contributed by atoms with van der Waals surface area (Å²) in [6, 6.07) is 6.27. The molecule has 0 spiro atoms. The predicted molar refractivity (Wildman–Crippen MR) is 87.4 cm³/mol. The molecule has 0 aliphatic heterocycles. The van der Waals surface area contributed by atoms with Gasteiger partial charge in [0.1, 0.15) is 5.75 Å². The topological polar surface area (TPSA) is 21.3 Å². The zero-order chi connectivity index (χ0) is 17.0. The smallest absolute Gasteiger partial charge is 0.405 e. The quantitative estimate of drug-likeness (QED) is 0.488. The Hall–Kier alpha value is -1.23. The summed E-state index contributed by atoms with van der Waals surface area (Å²) in [6.45, 7) is 3.42. The van der Waals surface area contributed by atoms with E-state index in [0.717, 1.165) is 13.0 Å². The second-order valence-corrected chi connectivity index (χ2v) is 5.81. The number of hydrogen-bond acceptors (Lipinski definition) is 2. The molecule has 0 bridgehead atoms. The highest BCUT2D eigenvalue weighted by atomic mass is 19.4. The van der Waals surface area contributed by atoms with Crippen molar-refractivity contribution in [1.82, 2.24) is 5.32 Å². The summed E-state index contributed by atoms with van der Waals surface area (Å²) in [5.41, 5.74) is 0.532. The molecule has 1 aromatic carbocycles. The second-order valence-electron chi connectivity index (χ2n) is 5.81. The number of alkyl halides is 3. The van der Waals surface area contributed by atoms with E-state index in [1.54, 1.807) is 18.2 Å². The Bertz CT molecular complexity index is 421. The van der Waals surface area contributed by atoms with Gasteiger partial charge in [-0.15, -0.1) is 13.2 Å². The Kier molecular flexibility index (Phi) is 9.76. The second kappa shape index (κ2) is 11.3. The average molecular weight is 331 g/mol. The third-order valence-corrected chi connectivity index (χ3v) is 3.72. The molecule has 0 heterocycles. The molecule has 0 aliphatic carbocycles. The minimum absolute atomic E-state index is 0.122. The van der Waals surface area contributed by atoms with Crippen molar-refractivity contribution < 1.29 is 17.9 Å². The number of unbranched alkanes of at least 4 members (excludes halogenated alkanes) is 7. The Morgan fingerprint density at radius 1 is 0.913 bits per heavy atom. The molecule has 0 aliphatic rings. The summed E-state index contributed by atoms with van der Waals surface area (Å²) >= 11 is 0. The van der Waals surface area contributed by atoms with E-state index in [4.69, 9.17) is 0 Å². The van der Waals surface area contributed by atoms with Crippen LogP contribution in [0.15, 0.2) is 24.3 Å². The van der Waals surface area contributed by atoms with Gasteiger partial charge in [0.25, 0.3) is 0 Å². The minimum Gasteiger partial charge on any atom is -0.405 e. The van der Waals surface area contributed by atoms with Crippen LogP contribution in [0.2, 0.25) is 0 Å². The lowest BCUT2D eigenvalue weighted by Gasteiger charge is -2.13. The number of hydrogen-bond donors (Lipinski definition) is 1. The van der Waals surface area contributed by atoms with E-state index >= 15 is 0 Å². The van der Waals surface area contributed by atoms with Crippen molar-refractivity contribution in [3.05, 3.63) is 29.8 Å². The maximum atomic E-state index is 12.3. The van der Waals surface area contributed by atoms with E-state index < -0.39 is 6.36 Å². The van der Waals surface area contributed by atoms with Gasteiger partial charge < -0.3 is 10.1 Å². The van der Waals surface area contributed by atoms with Gasteiger partial charge in [0, 0.05) is 12.1 Å². The third kappa shape index (κ3) is 10.2. The van der Waals surface area contributed by atoms with E-state index in [2.05, 4.69) is 17.0 Å². The summed E-state index contributed by atoms with van der Waals surface area (Å²) in [6.07, 6.45) is 5.31. The van der Waals surface area contributed by atoms with Crippen LogP contribution in [0.4, 0.5) is 13.2 Å². The Morgan fingerprint density at radius 3 is 2.17 bits per heavy atom. The number of benzene rings is 1. The molecule has 2 nitrogen and oxygen atoms in total. The van der Waals surface area contributed by atoms with Gasteiger partial charge in [-0.3, -0.25) is 0 Å². The van der Waals surface area contributed by atoms with E-state index in [1.165, 1.54) is 51.0 Å². The minimum atomic E-state index is -4.64. The van der Waals surface area contributed by atoms with Crippen LogP contribution in [-0.4, -0.2) is 12.9 Å². The summed E-state index contributed by atoms with van der Waals surface area (Å²) in [5, 5.41) is 3.19. The van der Waals surface area contributed by atoms with Gasteiger partial charge in [-0.05, 0) is 19.0 Å². The lowest BCUT2D eigenvalue weighted by Crippen LogP contribution is -2.20. The number of nitrogens with one attached hydrogen (secondary N) is 1. The number of para-hydroxylation sites is 1. The van der Waals surface area contributed by atoms with Crippen molar-refractivity contribution in [2.45, 2.75) is 71.2 Å².